The number of hydrogen-bond acceptors (Lipinski definition) is 7. The molecule has 3 heterocycles. The van der Waals surface area contributed by atoms with Crippen LogP contribution in [-0.2, 0) is 23.3 Å². The van der Waals surface area contributed by atoms with Gasteiger partial charge in [0.25, 0.3) is 5.91 Å². The summed E-state index contributed by atoms with van der Waals surface area (Å²) in [5, 5.41) is 24.5. The summed E-state index contributed by atoms with van der Waals surface area (Å²) in [6.45, 7) is 2.61. The van der Waals surface area contributed by atoms with Gasteiger partial charge in [-0.15, -0.1) is 0 Å². The van der Waals surface area contributed by atoms with Crippen LogP contribution in [0.2, 0.25) is 5.02 Å². The van der Waals surface area contributed by atoms with Crippen LogP contribution in [0.25, 0.3) is 10.9 Å². The van der Waals surface area contributed by atoms with Crippen LogP contribution >= 0.6 is 11.6 Å². The third-order valence-corrected chi connectivity index (χ3v) is 7.49. The van der Waals surface area contributed by atoms with E-state index in [9.17, 15) is 9.90 Å². The van der Waals surface area contributed by atoms with Gasteiger partial charge in [-0.2, -0.15) is 5.10 Å². The van der Waals surface area contributed by atoms with Gasteiger partial charge in [-0.1, -0.05) is 35.0 Å². The molecule has 1 saturated heterocycles. The molecule has 3 aliphatic rings. The van der Waals surface area contributed by atoms with Crippen molar-refractivity contribution in [1.82, 2.24) is 20.0 Å². The number of nitrogens with one attached hydrogen (secondary N) is 1. The van der Waals surface area contributed by atoms with Crippen molar-refractivity contribution in [2.45, 2.75) is 50.5 Å². The number of fused-ring (bicyclic) bond motifs is 3. The van der Waals surface area contributed by atoms with Gasteiger partial charge in [0.05, 0.1) is 22.7 Å². The number of aromatic nitrogens is 2. The molecule has 6 rings (SSSR count). The SMILES string of the molecule is Cn1cc2ccc3c(c2n1)CON=C3C(=O)NC(CN1CCCC1)C(O)c1ccc(OC2CC2)c(Cl)c1. The highest BCUT2D eigenvalue weighted by molar-refractivity contribution is 6.46. The second kappa shape index (κ2) is 9.96. The Hall–Kier alpha value is -3.14. The Labute approximate surface area is 220 Å². The van der Waals surface area contributed by atoms with E-state index in [1.165, 1.54) is 0 Å². The first-order chi connectivity index (χ1) is 18.0. The molecule has 0 radical (unpaired) electrons. The van der Waals surface area contributed by atoms with Gasteiger partial charge in [0.15, 0.2) is 5.71 Å². The highest BCUT2D eigenvalue weighted by Crippen LogP contribution is 2.34. The van der Waals surface area contributed by atoms with Crippen molar-refractivity contribution in [3.8, 4) is 5.75 Å². The average Bonchev–Trinajstić information content (AvgIpc) is 3.39. The summed E-state index contributed by atoms with van der Waals surface area (Å²) < 4.78 is 7.58. The second-order valence-corrected chi connectivity index (χ2v) is 10.5. The van der Waals surface area contributed by atoms with Gasteiger partial charge in [-0.3, -0.25) is 9.48 Å². The largest absolute Gasteiger partial charge is 0.489 e. The smallest absolute Gasteiger partial charge is 0.274 e. The summed E-state index contributed by atoms with van der Waals surface area (Å²) in [6.07, 6.45) is 5.45. The first-order valence-corrected chi connectivity index (χ1v) is 13.2. The lowest BCUT2D eigenvalue weighted by Crippen LogP contribution is -2.49. The fourth-order valence-electron chi connectivity index (χ4n) is 5.11. The lowest BCUT2D eigenvalue weighted by molar-refractivity contribution is -0.116. The van der Waals surface area contributed by atoms with E-state index in [1.807, 2.05) is 31.4 Å². The van der Waals surface area contributed by atoms with Crippen molar-refractivity contribution in [3.05, 3.63) is 58.2 Å². The van der Waals surface area contributed by atoms with Crippen molar-refractivity contribution in [1.29, 1.82) is 0 Å². The predicted molar refractivity (Wildman–Crippen MR) is 140 cm³/mol. The number of amides is 1. The number of aliphatic hydroxyl groups excluding tert-OH is 1. The van der Waals surface area contributed by atoms with Crippen LogP contribution in [0.3, 0.4) is 0 Å². The predicted octanol–water partition coefficient (Wildman–Crippen LogP) is 3.32. The van der Waals surface area contributed by atoms with E-state index in [0.29, 0.717) is 28.4 Å². The minimum Gasteiger partial charge on any atom is -0.489 e. The Morgan fingerprint density at radius 2 is 2.08 bits per heavy atom. The number of rotatable bonds is 8. The van der Waals surface area contributed by atoms with Crippen LogP contribution in [0.1, 0.15) is 48.5 Å². The molecular formula is C27H30ClN5O4. The summed E-state index contributed by atoms with van der Waals surface area (Å²) >= 11 is 6.48. The van der Waals surface area contributed by atoms with Crippen LogP contribution in [0.15, 0.2) is 41.7 Å². The number of likely N-dealkylation sites (tertiary alicyclic amines) is 1. The van der Waals surface area contributed by atoms with E-state index < -0.39 is 18.1 Å². The number of halogens is 1. The van der Waals surface area contributed by atoms with Gasteiger partial charge in [0, 0.05) is 36.3 Å². The van der Waals surface area contributed by atoms with Gasteiger partial charge in [0.1, 0.15) is 18.5 Å². The van der Waals surface area contributed by atoms with Crippen LogP contribution in [0, 0.1) is 0 Å². The molecule has 2 N–H and O–H groups in total. The first kappa shape index (κ1) is 24.2. The summed E-state index contributed by atoms with van der Waals surface area (Å²) in [5.74, 6) is 0.214. The maximum absolute atomic E-state index is 13.5. The molecule has 1 aliphatic carbocycles. The van der Waals surface area contributed by atoms with Crippen LogP contribution in [0.4, 0.5) is 0 Å². The molecule has 0 bridgehead atoms. The summed E-state index contributed by atoms with van der Waals surface area (Å²) in [7, 11) is 1.86. The standard InChI is InChI=1S/C27H30ClN5O4/c1-32-13-17-4-8-19-20(24(17)30-32)15-36-31-25(19)27(35)29-22(14-33-10-2-3-11-33)26(34)16-5-9-23(21(28)12-16)37-18-6-7-18/h4-5,8-9,12-13,18,22,26,34H,2-3,6-7,10-11,14-15H2,1H3,(H,29,35). The molecule has 2 fully saturated rings. The van der Waals surface area contributed by atoms with Gasteiger partial charge >= 0.3 is 0 Å². The number of ether oxygens (including phenoxy) is 1. The zero-order valence-electron chi connectivity index (χ0n) is 20.7. The number of oxime groups is 1. The normalized spacial score (nSPS) is 19.2. The molecule has 3 aromatic rings. The lowest BCUT2D eigenvalue weighted by Gasteiger charge is -2.29. The molecule has 0 spiro atoms. The Morgan fingerprint density at radius 3 is 2.84 bits per heavy atom. The van der Waals surface area contributed by atoms with Crippen LogP contribution < -0.4 is 10.1 Å². The summed E-state index contributed by atoms with van der Waals surface area (Å²) in [5.41, 5.74) is 3.10. The van der Waals surface area contributed by atoms with E-state index in [0.717, 1.165) is 55.2 Å². The molecular weight excluding hydrogens is 494 g/mol. The van der Waals surface area contributed by atoms with Crippen molar-refractivity contribution in [2.24, 2.45) is 12.2 Å². The summed E-state index contributed by atoms with van der Waals surface area (Å²) in [6, 6.07) is 8.56. The molecule has 10 heteroatoms. The topological polar surface area (TPSA) is 101 Å². The number of aryl methyl sites for hydroxylation is 1. The number of hydrogen-bond donors (Lipinski definition) is 2. The van der Waals surface area contributed by atoms with Gasteiger partial charge in [-0.25, -0.2) is 0 Å². The first-order valence-electron chi connectivity index (χ1n) is 12.8. The number of nitrogens with zero attached hydrogens (tertiary/aromatic N) is 4. The molecule has 1 saturated carbocycles. The average molecular weight is 524 g/mol. The number of benzene rings is 2. The lowest BCUT2D eigenvalue weighted by atomic mass is 9.98. The minimum atomic E-state index is -0.972. The van der Waals surface area contributed by atoms with Gasteiger partial charge in [0.2, 0.25) is 0 Å². The molecule has 194 valence electrons. The number of carbonyl (C=O) groups excluding carboxylic acids is 1. The van der Waals surface area contributed by atoms with Gasteiger partial charge < -0.3 is 24.9 Å². The number of aliphatic hydroxyl groups is 1. The minimum absolute atomic E-state index is 0.179. The molecule has 2 unspecified atom stereocenters. The Bertz CT molecular complexity index is 1360. The van der Waals surface area contributed by atoms with Crippen molar-refractivity contribution in [3.63, 3.8) is 0 Å². The van der Waals surface area contributed by atoms with Crippen molar-refractivity contribution < 1.29 is 19.5 Å². The monoisotopic (exact) mass is 523 g/mol. The van der Waals surface area contributed by atoms with Crippen molar-refractivity contribution >= 4 is 34.1 Å². The third-order valence-electron chi connectivity index (χ3n) is 7.20. The Kier molecular flexibility index (Phi) is 6.52. The molecule has 1 aromatic heterocycles. The highest BCUT2D eigenvalue weighted by Gasteiger charge is 2.32. The molecule has 37 heavy (non-hydrogen) atoms. The zero-order valence-corrected chi connectivity index (χ0v) is 21.4. The maximum atomic E-state index is 13.5. The Morgan fingerprint density at radius 1 is 1.27 bits per heavy atom. The zero-order chi connectivity index (χ0) is 25.5. The fourth-order valence-corrected chi connectivity index (χ4v) is 5.34. The van der Waals surface area contributed by atoms with Gasteiger partial charge in [-0.05, 0) is 56.5 Å². The molecule has 2 atom stereocenters. The van der Waals surface area contributed by atoms with Crippen LogP contribution in [0.5, 0.6) is 5.75 Å². The maximum Gasteiger partial charge on any atom is 0.274 e. The third kappa shape index (κ3) is 5.03. The number of carbonyl (C=O) groups is 1. The Balaban J connectivity index is 1.25. The van der Waals surface area contributed by atoms with E-state index in [1.54, 1.807) is 16.8 Å². The molecule has 2 aliphatic heterocycles. The second-order valence-electron chi connectivity index (χ2n) is 10.1. The van der Waals surface area contributed by atoms with E-state index >= 15 is 0 Å². The van der Waals surface area contributed by atoms with E-state index in [4.69, 9.17) is 21.2 Å². The van der Waals surface area contributed by atoms with E-state index in [-0.39, 0.29) is 18.4 Å². The molecule has 9 nitrogen and oxygen atoms in total. The van der Waals surface area contributed by atoms with E-state index in [2.05, 4.69) is 20.5 Å². The fraction of sp³-hybridized carbons (Fsp3) is 0.444. The van der Waals surface area contributed by atoms with Crippen LogP contribution in [-0.4, -0.2) is 63.2 Å². The molecule has 2 aromatic carbocycles. The highest BCUT2D eigenvalue weighted by atomic mass is 35.5. The quantitative estimate of drug-likeness (QED) is 0.470. The van der Waals surface area contributed by atoms with Crippen molar-refractivity contribution in [2.75, 3.05) is 19.6 Å². The summed E-state index contributed by atoms with van der Waals surface area (Å²) in [4.78, 5) is 21.2. The molecule has 1 amide bonds.